The summed E-state index contributed by atoms with van der Waals surface area (Å²) in [6.07, 6.45) is -1.61. The minimum atomic E-state index is -4.41. The van der Waals surface area contributed by atoms with Gasteiger partial charge in [0.05, 0.1) is 5.56 Å². The zero-order valence-electron chi connectivity index (χ0n) is 18.3. The van der Waals surface area contributed by atoms with Crippen LogP contribution in [0.2, 0.25) is 0 Å². The molecule has 174 valence electrons. The summed E-state index contributed by atoms with van der Waals surface area (Å²) in [6, 6.07) is 21.9. The van der Waals surface area contributed by atoms with E-state index in [1.54, 1.807) is 24.3 Å². The zero-order chi connectivity index (χ0) is 24.0. The fraction of sp³-hybridized carbons (Fsp3) is 0.192. The van der Waals surface area contributed by atoms with Crippen molar-refractivity contribution in [3.05, 3.63) is 95.6 Å². The van der Waals surface area contributed by atoms with E-state index in [0.29, 0.717) is 34.6 Å². The Morgan fingerprint density at radius 2 is 1.53 bits per heavy atom. The Kier molecular flexibility index (Phi) is 7.06. The average molecular weight is 464 g/mol. The highest BCUT2D eigenvalue weighted by Gasteiger charge is 2.30. The molecule has 1 heterocycles. The van der Waals surface area contributed by atoms with Crippen LogP contribution in [-0.2, 0) is 12.6 Å². The highest BCUT2D eigenvalue weighted by atomic mass is 19.4. The quantitative estimate of drug-likeness (QED) is 0.319. The molecule has 0 radical (unpaired) electrons. The molecular weight excluding hydrogens is 441 g/mol. The van der Waals surface area contributed by atoms with E-state index < -0.39 is 11.7 Å². The van der Waals surface area contributed by atoms with E-state index in [4.69, 9.17) is 0 Å². The molecular formula is C26H23F3N4O. The van der Waals surface area contributed by atoms with Crippen LogP contribution in [0.4, 0.5) is 13.2 Å². The number of nitrogens with one attached hydrogen (secondary N) is 2. The number of halogens is 3. The van der Waals surface area contributed by atoms with Crippen molar-refractivity contribution in [3.8, 4) is 22.5 Å². The van der Waals surface area contributed by atoms with Crippen LogP contribution in [0.1, 0.15) is 34.3 Å². The summed E-state index contributed by atoms with van der Waals surface area (Å²) in [5.41, 5.74) is 3.01. The summed E-state index contributed by atoms with van der Waals surface area (Å²) in [4.78, 5) is 12.6. The highest BCUT2D eigenvalue weighted by molar-refractivity contribution is 5.95. The van der Waals surface area contributed by atoms with Crippen molar-refractivity contribution >= 4 is 5.91 Å². The minimum absolute atomic E-state index is 0.193. The summed E-state index contributed by atoms with van der Waals surface area (Å²) in [7, 11) is 0. The lowest BCUT2D eigenvalue weighted by atomic mass is 10.0. The van der Waals surface area contributed by atoms with Crippen LogP contribution in [0.3, 0.4) is 0 Å². The number of aryl methyl sites for hydroxylation is 1. The topological polar surface area (TPSA) is 70.7 Å². The van der Waals surface area contributed by atoms with Crippen molar-refractivity contribution in [1.82, 2.24) is 20.7 Å². The molecule has 5 nitrogen and oxygen atoms in total. The summed E-state index contributed by atoms with van der Waals surface area (Å²) in [6.45, 7) is 0.566. The first-order valence-electron chi connectivity index (χ1n) is 10.9. The second-order valence-electron chi connectivity index (χ2n) is 7.88. The van der Waals surface area contributed by atoms with E-state index in [9.17, 15) is 18.0 Å². The van der Waals surface area contributed by atoms with Crippen LogP contribution in [0.15, 0.2) is 78.9 Å². The van der Waals surface area contributed by atoms with Gasteiger partial charge in [0, 0.05) is 23.2 Å². The maximum Gasteiger partial charge on any atom is 0.416 e. The van der Waals surface area contributed by atoms with Crippen molar-refractivity contribution in [1.29, 1.82) is 0 Å². The first-order valence-corrected chi connectivity index (χ1v) is 10.9. The van der Waals surface area contributed by atoms with Gasteiger partial charge in [-0.15, -0.1) is 0 Å². The van der Waals surface area contributed by atoms with Crippen molar-refractivity contribution < 1.29 is 18.0 Å². The standard InChI is InChI=1S/C26H23F3N4O/c27-26(28,29)22-14-12-19(13-15-22)23-24(32-33-31-23)20-10-6-11-21(17-20)25(34)30-16-5-4-9-18-7-2-1-3-8-18/h1-3,6-8,10-15,17H,4-5,9,16H2,(H,30,34)(H,31,32,33). The Labute approximate surface area is 195 Å². The number of carbonyl (C=O) groups is 1. The Balaban J connectivity index is 1.40. The average Bonchev–Trinajstić information content (AvgIpc) is 3.34. The molecule has 0 aliphatic rings. The highest BCUT2D eigenvalue weighted by Crippen LogP contribution is 2.33. The van der Waals surface area contributed by atoms with E-state index in [-0.39, 0.29) is 5.91 Å². The predicted molar refractivity (Wildman–Crippen MR) is 124 cm³/mol. The summed E-state index contributed by atoms with van der Waals surface area (Å²) < 4.78 is 38.6. The SMILES string of the molecule is O=C(NCCCCc1ccccc1)c1cccc(-c2n[nH]nc2-c2ccc(C(F)(F)F)cc2)c1. The van der Waals surface area contributed by atoms with Gasteiger partial charge in [0.2, 0.25) is 0 Å². The molecule has 34 heavy (non-hydrogen) atoms. The number of aromatic nitrogens is 3. The molecule has 1 amide bonds. The molecule has 2 N–H and O–H groups in total. The number of hydrogen-bond acceptors (Lipinski definition) is 3. The van der Waals surface area contributed by atoms with E-state index >= 15 is 0 Å². The largest absolute Gasteiger partial charge is 0.416 e. The summed E-state index contributed by atoms with van der Waals surface area (Å²) in [5, 5.41) is 13.7. The smallest absolute Gasteiger partial charge is 0.352 e. The number of alkyl halides is 3. The van der Waals surface area contributed by atoms with Gasteiger partial charge in [0.1, 0.15) is 11.4 Å². The van der Waals surface area contributed by atoms with Crippen LogP contribution in [0.5, 0.6) is 0 Å². The third-order valence-corrected chi connectivity index (χ3v) is 5.45. The Morgan fingerprint density at radius 1 is 0.824 bits per heavy atom. The van der Waals surface area contributed by atoms with Gasteiger partial charge in [-0.25, -0.2) is 0 Å². The van der Waals surface area contributed by atoms with Crippen LogP contribution < -0.4 is 5.32 Å². The number of H-pyrrole nitrogens is 1. The van der Waals surface area contributed by atoms with Gasteiger partial charge < -0.3 is 5.32 Å². The third-order valence-electron chi connectivity index (χ3n) is 5.45. The number of unbranched alkanes of at least 4 members (excludes halogenated alkanes) is 1. The molecule has 0 aliphatic heterocycles. The lowest BCUT2D eigenvalue weighted by molar-refractivity contribution is -0.137. The minimum Gasteiger partial charge on any atom is -0.352 e. The maximum atomic E-state index is 12.9. The number of amides is 1. The second-order valence-corrected chi connectivity index (χ2v) is 7.88. The molecule has 0 saturated carbocycles. The first kappa shape index (κ1) is 23.2. The molecule has 0 unspecified atom stereocenters. The van der Waals surface area contributed by atoms with Gasteiger partial charge in [-0.3, -0.25) is 4.79 Å². The number of carbonyl (C=O) groups excluding carboxylic acids is 1. The Bertz CT molecular complexity index is 1230. The zero-order valence-corrected chi connectivity index (χ0v) is 18.3. The Hall–Kier alpha value is -3.94. The molecule has 0 aliphatic carbocycles. The van der Waals surface area contributed by atoms with Gasteiger partial charge in [0.15, 0.2) is 0 Å². The first-order chi connectivity index (χ1) is 16.4. The maximum absolute atomic E-state index is 12.9. The van der Waals surface area contributed by atoms with E-state index in [1.807, 2.05) is 18.2 Å². The fourth-order valence-corrected chi connectivity index (χ4v) is 3.66. The number of aromatic amines is 1. The Morgan fingerprint density at radius 3 is 2.24 bits per heavy atom. The van der Waals surface area contributed by atoms with Crippen LogP contribution >= 0.6 is 0 Å². The van der Waals surface area contributed by atoms with Crippen molar-refractivity contribution in [2.24, 2.45) is 0 Å². The fourth-order valence-electron chi connectivity index (χ4n) is 3.66. The monoisotopic (exact) mass is 464 g/mol. The third kappa shape index (κ3) is 5.70. The molecule has 4 aromatic rings. The lowest BCUT2D eigenvalue weighted by Gasteiger charge is -2.08. The van der Waals surface area contributed by atoms with Gasteiger partial charge in [-0.2, -0.15) is 28.6 Å². The molecule has 0 saturated heterocycles. The van der Waals surface area contributed by atoms with Gasteiger partial charge in [-0.1, -0.05) is 54.6 Å². The normalized spacial score (nSPS) is 11.4. The number of nitrogens with zero attached hydrogens (tertiary/aromatic N) is 2. The summed E-state index contributed by atoms with van der Waals surface area (Å²) in [5.74, 6) is -0.193. The van der Waals surface area contributed by atoms with Crippen LogP contribution in [0, 0.1) is 0 Å². The van der Waals surface area contributed by atoms with Crippen molar-refractivity contribution in [2.75, 3.05) is 6.54 Å². The van der Waals surface area contributed by atoms with E-state index in [1.165, 1.54) is 17.7 Å². The number of benzene rings is 3. The van der Waals surface area contributed by atoms with Crippen LogP contribution in [0.25, 0.3) is 22.5 Å². The number of rotatable bonds is 8. The second kappa shape index (κ2) is 10.3. The number of hydrogen-bond donors (Lipinski definition) is 2. The van der Waals surface area contributed by atoms with Crippen molar-refractivity contribution in [2.45, 2.75) is 25.4 Å². The van der Waals surface area contributed by atoms with Gasteiger partial charge in [-0.05, 0) is 49.1 Å². The molecule has 1 aromatic heterocycles. The van der Waals surface area contributed by atoms with Gasteiger partial charge >= 0.3 is 6.18 Å². The lowest BCUT2D eigenvalue weighted by Crippen LogP contribution is -2.24. The van der Waals surface area contributed by atoms with Crippen molar-refractivity contribution in [3.63, 3.8) is 0 Å². The summed E-state index contributed by atoms with van der Waals surface area (Å²) >= 11 is 0. The molecule has 3 aromatic carbocycles. The predicted octanol–water partition coefficient (Wildman–Crippen LogP) is 5.91. The van der Waals surface area contributed by atoms with Crippen LogP contribution in [-0.4, -0.2) is 27.9 Å². The molecule has 0 atom stereocenters. The molecule has 0 spiro atoms. The van der Waals surface area contributed by atoms with E-state index in [2.05, 4.69) is 32.9 Å². The van der Waals surface area contributed by atoms with Gasteiger partial charge in [0.25, 0.3) is 5.91 Å². The van der Waals surface area contributed by atoms with E-state index in [0.717, 1.165) is 31.4 Å². The molecule has 0 fully saturated rings. The molecule has 0 bridgehead atoms. The molecule has 8 heteroatoms. The molecule has 4 rings (SSSR count).